The summed E-state index contributed by atoms with van der Waals surface area (Å²) in [4.78, 5) is 22.5. The van der Waals surface area contributed by atoms with Gasteiger partial charge in [0.15, 0.2) is 0 Å². The van der Waals surface area contributed by atoms with Crippen LogP contribution in [0.15, 0.2) is 40.9 Å². The summed E-state index contributed by atoms with van der Waals surface area (Å²) in [5.74, 6) is -2.27. The maximum atomic E-state index is 11.2. The molecule has 0 aliphatic carbocycles. The van der Waals surface area contributed by atoms with E-state index in [0.29, 0.717) is 5.56 Å². The lowest BCUT2D eigenvalue weighted by molar-refractivity contribution is 0.0696. The van der Waals surface area contributed by atoms with Crippen molar-refractivity contribution in [2.75, 3.05) is 0 Å². The van der Waals surface area contributed by atoms with E-state index in [1.54, 1.807) is 12.1 Å². The Kier molecular flexibility index (Phi) is 3.90. The molecule has 0 saturated heterocycles. The highest BCUT2D eigenvalue weighted by atomic mass is 79.9. The fourth-order valence-corrected chi connectivity index (χ4v) is 2.39. The molecule has 0 saturated carbocycles. The summed E-state index contributed by atoms with van der Waals surface area (Å²) < 4.78 is 0.837. The number of aromatic carboxylic acids is 2. The van der Waals surface area contributed by atoms with Gasteiger partial charge >= 0.3 is 11.9 Å². The molecule has 2 N–H and O–H groups in total. The van der Waals surface area contributed by atoms with Crippen LogP contribution >= 0.6 is 15.9 Å². The second-order valence-corrected chi connectivity index (χ2v) is 5.23. The van der Waals surface area contributed by atoms with Crippen LogP contribution in [0, 0.1) is 6.92 Å². The first-order chi connectivity index (χ1) is 9.40. The molecule has 2 rings (SSSR count). The first kappa shape index (κ1) is 14.3. The van der Waals surface area contributed by atoms with E-state index >= 15 is 0 Å². The summed E-state index contributed by atoms with van der Waals surface area (Å²) in [7, 11) is 0. The number of rotatable bonds is 3. The third kappa shape index (κ3) is 2.72. The maximum Gasteiger partial charge on any atom is 0.335 e. The molecule has 0 unspecified atom stereocenters. The van der Waals surface area contributed by atoms with Gasteiger partial charge in [0, 0.05) is 4.47 Å². The zero-order valence-corrected chi connectivity index (χ0v) is 12.1. The molecule has 0 aliphatic heterocycles. The topological polar surface area (TPSA) is 74.6 Å². The van der Waals surface area contributed by atoms with Gasteiger partial charge in [-0.1, -0.05) is 28.1 Å². The third-order valence-corrected chi connectivity index (χ3v) is 3.52. The number of carboxylic acid groups (broad SMARTS) is 2. The number of benzene rings is 2. The van der Waals surface area contributed by atoms with E-state index < -0.39 is 11.9 Å². The van der Waals surface area contributed by atoms with Gasteiger partial charge in [-0.15, -0.1) is 0 Å². The summed E-state index contributed by atoms with van der Waals surface area (Å²) in [6.07, 6.45) is 0. The van der Waals surface area contributed by atoms with Crippen molar-refractivity contribution in [3.05, 3.63) is 57.6 Å². The maximum absolute atomic E-state index is 11.2. The smallest absolute Gasteiger partial charge is 0.335 e. The van der Waals surface area contributed by atoms with Crippen LogP contribution in [0.2, 0.25) is 0 Å². The van der Waals surface area contributed by atoms with Crippen LogP contribution in [0.5, 0.6) is 0 Å². The predicted octanol–water partition coefficient (Wildman–Crippen LogP) is 3.82. The van der Waals surface area contributed by atoms with Crippen molar-refractivity contribution in [3.8, 4) is 11.1 Å². The highest BCUT2D eigenvalue weighted by molar-refractivity contribution is 9.10. The normalized spacial score (nSPS) is 10.3. The molecule has 0 radical (unpaired) electrons. The molecule has 5 heteroatoms. The lowest BCUT2D eigenvalue weighted by atomic mass is 9.95. The van der Waals surface area contributed by atoms with E-state index in [4.69, 9.17) is 0 Å². The lowest BCUT2D eigenvalue weighted by Gasteiger charge is -2.10. The minimum absolute atomic E-state index is 0.000115. The molecule has 0 aromatic heterocycles. The van der Waals surface area contributed by atoms with E-state index in [-0.39, 0.29) is 16.7 Å². The fraction of sp³-hybridized carbons (Fsp3) is 0.0667. The van der Waals surface area contributed by atoms with Gasteiger partial charge in [-0.25, -0.2) is 9.59 Å². The van der Waals surface area contributed by atoms with Crippen LogP contribution in [0.3, 0.4) is 0 Å². The Balaban J connectivity index is 2.71. The molecule has 2 aromatic carbocycles. The molecule has 0 heterocycles. The molecule has 0 bridgehead atoms. The molecule has 102 valence electrons. The van der Waals surface area contributed by atoms with Gasteiger partial charge in [0.1, 0.15) is 0 Å². The molecule has 0 fully saturated rings. The van der Waals surface area contributed by atoms with Crippen LogP contribution in [-0.2, 0) is 0 Å². The van der Waals surface area contributed by atoms with Crippen molar-refractivity contribution in [1.82, 2.24) is 0 Å². The van der Waals surface area contributed by atoms with Crippen molar-refractivity contribution >= 4 is 27.9 Å². The minimum Gasteiger partial charge on any atom is -0.478 e. The zero-order valence-electron chi connectivity index (χ0n) is 10.6. The number of carboxylic acids is 2. The van der Waals surface area contributed by atoms with Crippen LogP contribution in [-0.4, -0.2) is 22.2 Å². The molecule has 4 nitrogen and oxygen atoms in total. The second-order valence-electron chi connectivity index (χ2n) is 4.32. The Morgan fingerprint density at radius 2 is 1.50 bits per heavy atom. The summed E-state index contributed by atoms with van der Waals surface area (Å²) in [6, 6.07) is 10.2. The van der Waals surface area contributed by atoms with Gasteiger partial charge in [-0.05, 0) is 47.9 Å². The molecule has 2 aromatic rings. The van der Waals surface area contributed by atoms with Gasteiger partial charge < -0.3 is 10.2 Å². The van der Waals surface area contributed by atoms with E-state index in [2.05, 4.69) is 15.9 Å². The average Bonchev–Trinajstić information content (AvgIpc) is 2.38. The molecule has 0 spiro atoms. The summed E-state index contributed by atoms with van der Waals surface area (Å²) in [5.41, 5.74) is 1.57. The van der Waals surface area contributed by atoms with E-state index in [0.717, 1.165) is 10.0 Å². The van der Waals surface area contributed by atoms with Gasteiger partial charge in [-0.2, -0.15) is 0 Å². The number of halogens is 1. The van der Waals surface area contributed by atoms with Crippen molar-refractivity contribution < 1.29 is 19.8 Å². The molecular formula is C15H11BrO4. The van der Waals surface area contributed by atoms with Crippen LogP contribution in [0.25, 0.3) is 11.1 Å². The standard InChI is InChI=1S/C15H11BrO4/c1-8-12(14(17)18)6-10(7-13(8)15(19)20)9-3-2-4-11(16)5-9/h2-7H,1H3,(H,17,18)(H,19,20). The largest absolute Gasteiger partial charge is 0.478 e. The van der Waals surface area contributed by atoms with Crippen LogP contribution in [0.1, 0.15) is 26.3 Å². The third-order valence-electron chi connectivity index (χ3n) is 3.03. The van der Waals surface area contributed by atoms with Crippen LogP contribution in [0.4, 0.5) is 0 Å². The number of hydrogen-bond acceptors (Lipinski definition) is 2. The van der Waals surface area contributed by atoms with Crippen molar-refractivity contribution in [2.24, 2.45) is 0 Å². The number of hydrogen-bond donors (Lipinski definition) is 2. The van der Waals surface area contributed by atoms with Gasteiger partial charge in [0.25, 0.3) is 0 Å². The number of carbonyl (C=O) groups is 2. The first-order valence-corrected chi connectivity index (χ1v) is 6.56. The SMILES string of the molecule is Cc1c(C(=O)O)cc(-c2cccc(Br)c2)cc1C(=O)O. The lowest BCUT2D eigenvalue weighted by Crippen LogP contribution is -2.07. The molecule has 0 aliphatic rings. The van der Waals surface area contributed by atoms with Gasteiger partial charge in [-0.3, -0.25) is 0 Å². The molecule has 20 heavy (non-hydrogen) atoms. The minimum atomic E-state index is -1.14. The van der Waals surface area contributed by atoms with Crippen LogP contribution < -0.4 is 0 Å². The van der Waals surface area contributed by atoms with Crippen molar-refractivity contribution in [3.63, 3.8) is 0 Å². The molecule has 0 amide bonds. The molecule has 0 atom stereocenters. The van der Waals surface area contributed by atoms with E-state index in [9.17, 15) is 19.8 Å². The first-order valence-electron chi connectivity index (χ1n) is 5.77. The fourth-order valence-electron chi connectivity index (χ4n) is 1.99. The van der Waals surface area contributed by atoms with Gasteiger partial charge in [0.2, 0.25) is 0 Å². The Labute approximate surface area is 123 Å². The average molecular weight is 335 g/mol. The van der Waals surface area contributed by atoms with E-state index in [1.165, 1.54) is 19.1 Å². The monoisotopic (exact) mass is 334 g/mol. The Bertz CT molecular complexity index is 672. The van der Waals surface area contributed by atoms with Crippen molar-refractivity contribution in [1.29, 1.82) is 0 Å². The predicted molar refractivity (Wildman–Crippen MR) is 78.2 cm³/mol. The highest BCUT2D eigenvalue weighted by Crippen LogP contribution is 2.27. The highest BCUT2D eigenvalue weighted by Gasteiger charge is 2.17. The quantitative estimate of drug-likeness (QED) is 0.894. The Hall–Kier alpha value is -2.14. The molecular weight excluding hydrogens is 324 g/mol. The van der Waals surface area contributed by atoms with E-state index in [1.807, 2.05) is 12.1 Å². The van der Waals surface area contributed by atoms with Gasteiger partial charge in [0.05, 0.1) is 11.1 Å². The zero-order chi connectivity index (χ0) is 14.9. The Morgan fingerprint density at radius 1 is 0.950 bits per heavy atom. The summed E-state index contributed by atoms with van der Waals surface area (Å²) in [6.45, 7) is 1.50. The summed E-state index contributed by atoms with van der Waals surface area (Å²) >= 11 is 3.34. The second kappa shape index (κ2) is 5.46. The Morgan fingerprint density at radius 3 is 1.95 bits per heavy atom. The summed E-state index contributed by atoms with van der Waals surface area (Å²) in [5, 5.41) is 18.4. The van der Waals surface area contributed by atoms with Crippen molar-refractivity contribution in [2.45, 2.75) is 6.92 Å².